The number of carbonyl (C=O) groups is 2. The number of rotatable bonds is 9. The van der Waals surface area contributed by atoms with Crippen LogP contribution < -0.4 is 16.4 Å². The maximum Gasteiger partial charge on any atom is 0.322 e. The second kappa shape index (κ2) is 11.9. The molecule has 0 radical (unpaired) electrons. The molecular formula is C25H28F2N6O2. The molecule has 3 amide bonds. The highest BCUT2D eigenvalue weighted by Crippen LogP contribution is 2.18. The van der Waals surface area contributed by atoms with Crippen molar-refractivity contribution >= 4 is 29.0 Å². The molecule has 0 aliphatic heterocycles. The Morgan fingerprint density at radius 1 is 0.971 bits per heavy atom. The average molecular weight is 483 g/mol. The van der Waals surface area contributed by atoms with E-state index in [2.05, 4.69) is 15.6 Å². The number of benzene rings is 2. The standard InChI is InChI=1S/C25H28F2N6O2/c1-32(2)12-5-13-33(25(35)30-18-9-10-19(26)20(27)14-18)16-17-8-11-23(29-15-17)24(34)31-22-7-4-3-6-21(22)28/h3-4,6-11,14-15H,5,12-13,16,28H2,1-2H3,(H,30,35)(H,31,34). The maximum absolute atomic E-state index is 13.5. The topological polar surface area (TPSA) is 104 Å². The largest absolute Gasteiger partial charge is 0.397 e. The summed E-state index contributed by atoms with van der Waals surface area (Å²) in [5.74, 6) is -2.44. The normalized spacial score (nSPS) is 10.8. The van der Waals surface area contributed by atoms with Gasteiger partial charge in [-0.2, -0.15) is 0 Å². The van der Waals surface area contributed by atoms with Gasteiger partial charge in [-0.05, 0) is 63.0 Å². The number of anilines is 3. The van der Waals surface area contributed by atoms with E-state index in [9.17, 15) is 18.4 Å². The lowest BCUT2D eigenvalue weighted by Gasteiger charge is -2.24. The van der Waals surface area contributed by atoms with Crippen molar-refractivity contribution in [2.45, 2.75) is 13.0 Å². The molecule has 0 spiro atoms. The number of para-hydroxylation sites is 2. The summed E-state index contributed by atoms with van der Waals surface area (Å²) in [6, 6.07) is 12.9. The number of hydrogen-bond donors (Lipinski definition) is 3. The van der Waals surface area contributed by atoms with Gasteiger partial charge in [0.15, 0.2) is 11.6 Å². The molecule has 8 nitrogen and oxygen atoms in total. The van der Waals surface area contributed by atoms with Crippen molar-refractivity contribution in [1.29, 1.82) is 0 Å². The Morgan fingerprint density at radius 3 is 2.40 bits per heavy atom. The first-order valence-electron chi connectivity index (χ1n) is 11.0. The van der Waals surface area contributed by atoms with E-state index in [1.54, 1.807) is 41.3 Å². The second-order valence-electron chi connectivity index (χ2n) is 8.23. The minimum absolute atomic E-state index is 0.150. The number of nitrogens with zero attached hydrogens (tertiary/aromatic N) is 3. The van der Waals surface area contributed by atoms with Gasteiger partial charge in [-0.25, -0.2) is 13.6 Å². The lowest BCUT2D eigenvalue weighted by Crippen LogP contribution is -2.36. The van der Waals surface area contributed by atoms with E-state index in [4.69, 9.17) is 5.73 Å². The second-order valence-corrected chi connectivity index (χ2v) is 8.23. The third-order valence-corrected chi connectivity index (χ3v) is 5.13. The Balaban J connectivity index is 1.68. The third kappa shape index (κ3) is 7.47. The number of pyridine rings is 1. The molecule has 4 N–H and O–H groups in total. The molecule has 0 aliphatic rings. The maximum atomic E-state index is 13.5. The number of amides is 3. The number of nitrogens with two attached hydrogens (primary N) is 1. The summed E-state index contributed by atoms with van der Waals surface area (Å²) < 4.78 is 26.7. The summed E-state index contributed by atoms with van der Waals surface area (Å²) in [4.78, 5) is 33.2. The fourth-order valence-corrected chi connectivity index (χ4v) is 3.28. The molecule has 0 fully saturated rings. The van der Waals surface area contributed by atoms with Gasteiger partial charge in [0.05, 0.1) is 11.4 Å². The molecule has 0 saturated carbocycles. The molecule has 10 heteroatoms. The quantitative estimate of drug-likeness (QED) is 0.397. The van der Waals surface area contributed by atoms with E-state index in [1.165, 1.54) is 12.3 Å². The predicted molar refractivity (Wildman–Crippen MR) is 132 cm³/mol. The highest BCUT2D eigenvalue weighted by Gasteiger charge is 2.16. The summed E-state index contributed by atoms with van der Waals surface area (Å²) in [6.07, 6.45) is 2.22. The molecule has 0 aliphatic carbocycles. The van der Waals surface area contributed by atoms with Crippen LogP contribution in [-0.4, -0.2) is 53.9 Å². The van der Waals surface area contributed by atoms with Crippen LogP contribution in [0.4, 0.5) is 30.6 Å². The van der Waals surface area contributed by atoms with Gasteiger partial charge in [-0.15, -0.1) is 0 Å². The molecule has 0 bridgehead atoms. The summed E-state index contributed by atoms with van der Waals surface area (Å²) in [7, 11) is 3.87. The van der Waals surface area contributed by atoms with Crippen molar-refractivity contribution < 1.29 is 18.4 Å². The molecular weight excluding hydrogens is 454 g/mol. The third-order valence-electron chi connectivity index (χ3n) is 5.13. The first-order chi connectivity index (χ1) is 16.7. The fourth-order valence-electron chi connectivity index (χ4n) is 3.28. The van der Waals surface area contributed by atoms with Crippen molar-refractivity contribution in [3.63, 3.8) is 0 Å². The molecule has 3 aromatic rings. The van der Waals surface area contributed by atoms with Crippen LogP contribution in [0.15, 0.2) is 60.8 Å². The number of hydrogen-bond acceptors (Lipinski definition) is 5. The minimum Gasteiger partial charge on any atom is -0.397 e. The molecule has 35 heavy (non-hydrogen) atoms. The Hall–Kier alpha value is -4.05. The van der Waals surface area contributed by atoms with Crippen LogP contribution in [-0.2, 0) is 6.54 Å². The molecule has 2 aromatic carbocycles. The van der Waals surface area contributed by atoms with Crippen LogP contribution in [0.1, 0.15) is 22.5 Å². The van der Waals surface area contributed by atoms with Gasteiger partial charge in [0, 0.05) is 31.0 Å². The first-order valence-corrected chi connectivity index (χ1v) is 11.0. The van der Waals surface area contributed by atoms with Crippen molar-refractivity contribution in [2.24, 2.45) is 0 Å². The van der Waals surface area contributed by atoms with Gasteiger partial charge in [-0.3, -0.25) is 9.78 Å². The molecule has 184 valence electrons. The molecule has 0 unspecified atom stereocenters. The Labute approximate surface area is 202 Å². The molecule has 1 heterocycles. The van der Waals surface area contributed by atoms with Crippen LogP contribution in [0.5, 0.6) is 0 Å². The molecule has 3 rings (SSSR count). The first kappa shape index (κ1) is 25.6. The van der Waals surface area contributed by atoms with Gasteiger partial charge in [-0.1, -0.05) is 18.2 Å². The zero-order valence-corrected chi connectivity index (χ0v) is 19.6. The van der Waals surface area contributed by atoms with Crippen LogP contribution in [0.2, 0.25) is 0 Å². The zero-order valence-electron chi connectivity index (χ0n) is 19.6. The number of nitrogens with one attached hydrogen (secondary N) is 2. The van der Waals surface area contributed by atoms with Gasteiger partial charge in [0.25, 0.3) is 5.91 Å². The van der Waals surface area contributed by atoms with Gasteiger partial charge >= 0.3 is 6.03 Å². The number of halogens is 2. The van der Waals surface area contributed by atoms with Crippen molar-refractivity contribution in [3.8, 4) is 0 Å². The van der Waals surface area contributed by atoms with Gasteiger partial charge < -0.3 is 26.2 Å². The van der Waals surface area contributed by atoms with Crippen LogP contribution in [0.3, 0.4) is 0 Å². The Morgan fingerprint density at radius 2 is 1.74 bits per heavy atom. The highest BCUT2D eigenvalue weighted by molar-refractivity contribution is 6.04. The summed E-state index contributed by atoms with van der Waals surface area (Å²) in [5.41, 5.74) is 7.84. The van der Waals surface area contributed by atoms with E-state index in [0.29, 0.717) is 29.9 Å². The summed E-state index contributed by atoms with van der Waals surface area (Å²) in [6.45, 7) is 1.39. The van der Waals surface area contributed by atoms with E-state index in [1.807, 2.05) is 19.0 Å². The van der Waals surface area contributed by atoms with Crippen molar-refractivity contribution in [2.75, 3.05) is 43.6 Å². The lowest BCUT2D eigenvalue weighted by atomic mass is 10.2. The van der Waals surface area contributed by atoms with E-state index < -0.39 is 23.6 Å². The van der Waals surface area contributed by atoms with E-state index >= 15 is 0 Å². The fraction of sp³-hybridized carbons (Fsp3) is 0.240. The smallest absolute Gasteiger partial charge is 0.322 e. The average Bonchev–Trinajstić information content (AvgIpc) is 2.82. The van der Waals surface area contributed by atoms with E-state index in [-0.39, 0.29) is 17.9 Å². The number of carbonyl (C=O) groups excluding carboxylic acids is 2. The molecule has 1 aromatic heterocycles. The monoisotopic (exact) mass is 482 g/mol. The SMILES string of the molecule is CN(C)CCCN(Cc1ccc(C(=O)Nc2ccccc2N)nc1)C(=O)Nc1ccc(F)c(F)c1. The summed E-state index contributed by atoms with van der Waals surface area (Å²) in [5, 5.41) is 5.32. The number of urea groups is 1. The van der Waals surface area contributed by atoms with Crippen LogP contribution in [0.25, 0.3) is 0 Å². The lowest BCUT2D eigenvalue weighted by molar-refractivity contribution is 0.102. The predicted octanol–water partition coefficient (Wildman–Crippen LogP) is 4.18. The molecule has 0 atom stereocenters. The van der Waals surface area contributed by atoms with Crippen molar-refractivity contribution in [3.05, 3.63) is 83.7 Å². The van der Waals surface area contributed by atoms with Gasteiger partial charge in [0.2, 0.25) is 0 Å². The number of aromatic nitrogens is 1. The van der Waals surface area contributed by atoms with Crippen LogP contribution in [0, 0.1) is 11.6 Å². The Kier molecular flexibility index (Phi) is 8.69. The van der Waals surface area contributed by atoms with Crippen molar-refractivity contribution in [1.82, 2.24) is 14.8 Å². The van der Waals surface area contributed by atoms with Crippen LogP contribution >= 0.6 is 0 Å². The van der Waals surface area contributed by atoms with E-state index in [0.717, 1.165) is 18.7 Å². The zero-order chi connectivity index (χ0) is 25.4. The molecule has 0 saturated heterocycles. The minimum atomic E-state index is -1.04. The Bertz CT molecular complexity index is 1170. The number of nitrogen functional groups attached to an aromatic ring is 1. The highest BCUT2D eigenvalue weighted by atomic mass is 19.2. The van der Waals surface area contributed by atoms with Gasteiger partial charge in [0.1, 0.15) is 5.69 Å². The summed E-state index contributed by atoms with van der Waals surface area (Å²) >= 11 is 0.